The molecule has 0 aliphatic heterocycles. The molecular weight excluding hydrogens is 226 g/mol. The summed E-state index contributed by atoms with van der Waals surface area (Å²) in [5, 5.41) is 13.0. The molecule has 0 saturated heterocycles. The van der Waals surface area contributed by atoms with E-state index in [0.717, 1.165) is 5.75 Å². The van der Waals surface area contributed by atoms with Crippen LogP contribution in [0.15, 0.2) is 24.3 Å². The van der Waals surface area contributed by atoms with Crippen LogP contribution >= 0.6 is 0 Å². The van der Waals surface area contributed by atoms with Gasteiger partial charge < -0.3 is 15.2 Å². The minimum Gasteiger partial charge on any atom is -0.491 e. The quantitative estimate of drug-likeness (QED) is 0.782. The molecule has 1 atom stereocenters. The molecular formula is C15H25NO2. The number of para-hydroxylation sites is 1. The van der Waals surface area contributed by atoms with Crippen molar-refractivity contribution in [1.29, 1.82) is 0 Å². The number of benzene rings is 1. The number of hydrogen-bond donors (Lipinski definition) is 2. The number of nitrogens with one attached hydrogen (secondary N) is 1. The molecule has 0 aliphatic carbocycles. The molecule has 1 unspecified atom stereocenters. The Bertz CT molecular complexity index is 350. The zero-order valence-corrected chi connectivity index (χ0v) is 11.8. The summed E-state index contributed by atoms with van der Waals surface area (Å²) in [5.41, 5.74) is 1.18. The van der Waals surface area contributed by atoms with Gasteiger partial charge in [-0.05, 0) is 17.5 Å². The summed E-state index contributed by atoms with van der Waals surface area (Å²) < 4.78 is 5.70. The van der Waals surface area contributed by atoms with Crippen molar-refractivity contribution in [2.24, 2.45) is 0 Å². The maximum absolute atomic E-state index is 9.80. The highest BCUT2D eigenvalue weighted by atomic mass is 16.5. The second-order valence-electron chi connectivity index (χ2n) is 5.22. The highest BCUT2D eigenvalue weighted by Gasteiger charge is 2.10. The summed E-state index contributed by atoms with van der Waals surface area (Å²) in [7, 11) is 0. The van der Waals surface area contributed by atoms with Crippen LogP contribution in [-0.4, -0.2) is 30.4 Å². The van der Waals surface area contributed by atoms with Gasteiger partial charge in [0.25, 0.3) is 0 Å². The Morgan fingerprint density at radius 1 is 1.17 bits per heavy atom. The van der Waals surface area contributed by atoms with E-state index in [9.17, 15) is 5.11 Å². The summed E-state index contributed by atoms with van der Waals surface area (Å²) in [6.07, 6.45) is -0.479. The van der Waals surface area contributed by atoms with Crippen molar-refractivity contribution in [3.8, 4) is 5.75 Å². The van der Waals surface area contributed by atoms with Gasteiger partial charge in [-0.3, -0.25) is 0 Å². The molecule has 0 aliphatic rings. The predicted octanol–water partition coefficient (Wildman–Crippen LogP) is 2.55. The molecule has 3 heteroatoms. The fourth-order valence-electron chi connectivity index (χ4n) is 1.71. The molecule has 0 radical (unpaired) electrons. The van der Waals surface area contributed by atoms with E-state index in [1.165, 1.54) is 5.56 Å². The third-order valence-electron chi connectivity index (χ3n) is 2.73. The van der Waals surface area contributed by atoms with Gasteiger partial charge in [0, 0.05) is 12.6 Å². The van der Waals surface area contributed by atoms with E-state index in [2.05, 4.69) is 39.1 Å². The molecule has 0 saturated carbocycles. The Balaban J connectivity index is 2.48. The number of rotatable bonds is 7. The van der Waals surface area contributed by atoms with E-state index in [1.54, 1.807) is 0 Å². The van der Waals surface area contributed by atoms with Gasteiger partial charge in [-0.2, -0.15) is 0 Å². The first-order chi connectivity index (χ1) is 8.50. The molecule has 3 nitrogen and oxygen atoms in total. The number of aliphatic hydroxyl groups excluding tert-OH is 1. The van der Waals surface area contributed by atoms with Crippen LogP contribution in [0.2, 0.25) is 0 Å². The van der Waals surface area contributed by atoms with Gasteiger partial charge in [0.1, 0.15) is 18.5 Å². The lowest BCUT2D eigenvalue weighted by molar-refractivity contribution is 0.104. The topological polar surface area (TPSA) is 41.5 Å². The van der Waals surface area contributed by atoms with Crippen molar-refractivity contribution < 1.29 is 9.84 Å². The molecule has 0 heterocycles. The van der Waals surface area contributed by atoms with Crippen molar-refractivity contribution in [3.05, 3.63) is 29.8 Å². The Kier molecular flexibility index (Phi) is 6.16. The average molecular weight is 251 g/mol. The van der Waals surface area contributed by atoms with E-state index in [1.807, 2.05) is 18.2 Å². The molecule has 0 bridgehead atoms. The zero-order valence-electron chi connectivity index (χ0n) is 11.8. The fourth-order valence-corrected chi connectivity index (χ4v) is 1.71. The second-order valence-corrected chi connectivity index (χ2v) is 5.22. The van der Waals surface area contributed by atoms with E-state index in [-0.39, 0.29) is 0 Å². The van der Waals surface area contributed by atoms with Gasteiger partial charge >= 0.3 is 0 Å². The molecule has 0 spiro atoms. The van der Waals surface area contributed by atoms with Crippen LogP contribution in [0.5, 0.6) is 5.75 Å². The van der Waals surface area contributed by atoms with Crippen LogP contribution in [0, 0.1) is 0 Å². The summed E-state index contributed by atoms with van der Waals surface area (Å²) in [6.45, 7) is 9.27. The molecule has 102 valence electrons. The molecule has 1 aromatic carbocycles. The van der Waals surface area contributed by atoms with Crippen LogP contribution in [0.3, 0.4) is 0 Å². The zero-order chi connectivity index (χ0) is 13.5. The lowest BCUT2D eigenvalue weighted by Crippen LogP contribution is -2.35. The minimum absolute atomic E-state index is 0.323. The average Bonchev–Trinajstić information content (AvgIpc) is 2.34. The van der Waals surface area contributed by atoms with Crippen molar-refractivity contribution in [2.75, 3.05) is 13.2 Å². The highest BCUT2D eigenvalue weighted by Crippen LogP contribution is 2.25. The molecule has 0 aromatic heterocycles. The third-order valence-corrected chi connectivity index (χ3v) is 2.73. The maximum Gasteiger partial charge on any atom is 0.122 e. The van der Waals surface area contributed by atoms with E-state index in [0.29, 0.717) is 25.1 Å². The van der Waals surface area contributed by atoms with Crippen LogP contribution in [0.4, 0.5) is 0 Å². The first-order valence-electron chi connectivity index (χ1n) is 6.64. The molecule has 18 heavy (non-hydrogen) atoms. The number of hydrogen-bond acceptors (Lipinski definition) is 3. The Morgan fingerprint density at radius 3 is 2.44 bits per heavy atom. The van der Waals surface area contributed by atoms with Crippen molar-refractivity contribution in [3.63, 3.8) is 0 Å². The molecule has 0 fully saturated rings. The second kappa shape index (κ2) is 7.39. The molecule has 1 rings (SSSR count). The number of ether oxygens (including phenoxy) is 1. The molecule has 1 aromatic rings. The van der Waals surface area contributed by atoms with Crippen LogP contribution in [0.1, 0.15) is 39.2 Å². The minimum atomic E-state index is -0.479. The van der Waals surface area contributed by atoms with Crippen molar-refractivity contribution in [2.45, 2.75) is 45.8 Å². The van der Waals surface area contributed by atoms with E-state index < -0.39 is 6.10 Å². The maximum atomic E-state index is 9.80. The van der Waals surface area contributed by atoms with Gasteiger partial charge in [-0.25, -0.2) is 0 Å². The molecule has 2 N–H and O–H groups in total. The summed E-state index contributed by atoms with van der Waals surface area (Å²) in [4.78, 5) is 0. The summed E-state index contributed by atoms with van der Waals surface area (Å²) >= 11 is 0. The Labute approximate surface area is 110 Å². The van der Waals surface area contributed by atoms with Gasteiger partial charge in [-0.1, -0.05) is 45.9 Å². The SMILES string of the molecule is CC(C)NCC(O)COc1ccccc1C(C)C. The van der Waals surface area contributed by atoms with Gasteiger partial charge in [0.2, 0.25) is 0 Å². The third kappa shape index (κ3) is 5.07. The van der Waals surface area contributed by atoms with E-state index in [4.69, 9.17) is 4.74 Å². The van der Waals surface area contributed by atoms with Crippen molar-refractivity contribution >= 4 is 0 Å². The van der Waals surface area contributed by atoms with Gasteiger partial charge in [0.05, 0.1) is 0 Å². The standard InChI is InChI=1S/C15H25NO2/c1-11(2)14-7-5-6-8-15(14)18-10-13(17)9-16-12(3)4/h5-8,11-13,16-17H,9-10H2,1-4H3. The first kappa shape index (κ1) is 15.0. The molecule has 0 amide bonds. The lowest BCUT2D eigenvalue weighted by Gasteiger charge is -2.17. The van der Waals surface area contributed by atoms with Gasteiger partial charge in [0.15, 0.2) is 0 Å². The highest BCUT2D eigenvalue weighted by molar-refractivity contribution is 5.35. The largest absolute Gasteiger partial charge is 0.491 e. The normalized spacial score (nSPS) is 13.1. The first-order valence-corrected chi connectivity index (χ1v) is 6.64. The van der Waals surface area contributed by atoms with Crippen molar-refractivity contribution in [1.82, 2.24) is 5.32 Å². The lowest BCUT2D eigenvalue weighted by atomic mass is 10.0. The van der Waals surface area contributed by atoms with E-state index >= 15 is 0 Å². The predicted molar refractivity (Wildman–Crippen MR) is 75.2 cm³/mol. The van der Waals surface area contributed by atoms with Crippen LogP contribution < -0.4 is 10.1 Å². The van der Waals surface area contributed by atoms with Gasteiger partial charge in [-0.15, -0.1) is 0 Å². The summed E-state index contributed by atoms with van der Waals surface area (Å²) in [6, 6.07) is 8.37. The number of aliphatic hydroxyl groups is 1. The van der Waals surface area contributed by atoms with Crippen LogP contribution in [-0.2, 0) is 0 Å². The summed E-state index contributed by atoms with van der Waals surface area (Å²) in [5.74, 6) is 1.29. The fraction of sp³-hybridized carbons (Fsp3) is 0.600. The van der Waals surface area contributed by atoms with Crippen LogP contribution in [0.25, 0.3) is 0 Å². The Morgan fingerprint density at radius 2 is 1.83 bits per heavy atom. The monoisotopic (exact) mass is 251 g/mol. The Hall–Kier alpha value is -1.06. The smallest absolute Gasteiger partial charge is 0.122 e.